The first-order valence-corrected chi connectivity index (χ1v) is 8.88. The molecule has 1 amide bonds. The zero-order valence-corrected chi connectivity index (χ0v) is 14.9. The summed E-state index contributed by atoms with van der Waals surface area (Å²) >= 11 is 0. The van der Waals surface area contributed by atoms with Crippen molar-refractivity contribution in [1.82, 2.24) is 5.32 Å². The monoisotopic (exact) mass is 332 g/mol. The first-order chi connectivity index (χ1) is 11.4. The van der Waals surface area contributed by atoms with Crippen LogP contribution >= 0.6 is 0 Å². The Morgan fingerprint density at radius 2 is 2.08 bits per heavy atom. The van der Waals surface area contributed by atoms with Gasteiger partial charge in [0, 0.05) is 31.7 Å². The fourth-order valence-electron chi connectivity index (χ4n) is 3.31. The summed E-state index contributed by atoms with van der Waals surface area (Å²) in [7, 11) is 0. The molecule has 0 spiro atoms. The second kappa shape index (κ2) is 6.91. The van der Waals surface area contributed by atoms with E-state index in [0.29, 0.717) is 12.5 Å². The summed E-state index contributed by atoms with van der Waals surface area (Å²) in [5.74, 6) is 1.56. The molecular formula is C19H28N2O3. The summed E-state index contributed by atoms with van der Waals surface area (Å²) in [5, 5.41) is 2.90. The number of anilines is 1. The van der Waals surface area contributed by atoms with Crippen LogP contribution in [-0.2, 0) is 11.2 Å². The van der Waals surface area contributed by atoms with Crippen LogP contribution in [0.15, 0.2) is 18.2 Å². The van der Waals surface area contributed by atoms with Gasteiger partial charge in [-0.1, -0.05) is 0 Å². The maximum Gasteiger partial charge on any atom is 0.407 e. The van der Waals surface area contributed by atoms with E-state index in [1.54, 1.807) is 0 Å². The van der Waals surface area contributed by atoms with Crippen LogP contribution < -0.4 is 15.0 Å². The second-order valence-electron chi connectivity index (χ2n) is 7.70. The minimum atomic E-state index is -0.440. The van der Waals surface area contributed by atoms with Gasteiger partial charge < -0.3 is 19.7 Å². The molecule has 5 heteroatoms. The largest absolute Gasteiger partial charge is 0.493 e. The molecule has 0 unspecified atom stereocenters. The second-order valence-corrected chi connectivity index (χ2v) is 7.70. The molecule has 3 rings (SSSR count). The van der Waals surface area contributed by atoms with E-state index in [0.717, 1.165) is 44.7 Å². The maximum absolute atomic E-state index is 11.7. The molecule has 2 heterocycles. The molecule has 0 radical (unpaired) electrons. The minimum Gasteiger partial charge on any atom is -0.493 e. The Bertz CT molecular complexity index is 587. The Morgan fingerprint density at radius 1 is 1.33 bits per heavy atom. The summed E-state index contributed by atoms with van der Waals surface area (Å²) in [6.45, 7) is 9.20. The molecule has 0 atom stereocenters. The average molecular weight is 332 g/mol. The van der Waals surface area contributed by atoms with Crippen LogP contribution in [0.3, 0.4) is 0 Å². The summed E-state index contributed by atoms with van der Waals surface area (Å²) in [6.07, 6.45) is 2.87. The van der Waals surface area contributed by atoms with Crippen molar-refractivity contribution in [2.75, 3.05) is 31.1 Å². The third kappa shape index (κ3) is 4.34. The van der Waals surface area contributed by atoms with Gasteiger partial charge in [-0.2, -0.15) is 0 Å². The number of hydrogen-bond donors (Lipinski definition) is 1. The SMILES string of the molecule is CC(C)(C)OC(=O)NCC1CCN(c2ccc3c(c2)CCO3)CC1. The number of amides is 1. The maximum atomic E-state index is 11.7. The van der Waals surface area contributed by atoms with E-state index in [1.807, 2.05) is 20.8 Å². The molecule has 1 aromatic rings. The highest BCUT2D eigenvalue weighted by Crippen LogP contribution is 2.31. The van der Waals surface area contributed by atoms with Crippen molar-refractivity contribution in [3.05, 3.63) is 23.8 Å². The number of carbonyl (C=O) groups is 1. The molecule has 0 aliphatic carbocycles. The Balaban J connectivity index is 1.45. The summed E-state index contributed by atoms with van der Waals surface area (Å²) in [4.78, 5) is 14.2. The lowest BCUT2D eigenvalue weighted by Crippen LogP contribution is -2.40. The van der Waals surface area contributed by atoms with Crippen molar-refractivity contribution in [1.29, 1.82) is 0 Å². The number of nitrogens with one attached hydrogen (secondary N) is 1. The zero-order chi connectivity index (χ0) is 17.2. The molecule has 1 fully saturated rings. The fourth-order valence-corrected chi connectivity index (χ4v) is 3.31. The number of ether oxygens (including phenoxy) is 2. The van der Waals surface area contributed by atoms with Crippen molar-refractivity contribution in [3.8, 4) is 5.75 Å². The lowest BCUT2D eigenvalue weighted by molar-refractivity contribution is 0.0517. The van der Waals surface area contributed by atoms with E-state index >= 15 is 0 Å². The number of piperidine rings is 1. The lowest BCUT2D eigenvalue weighted by atomic mass is 9.96. The molecule has 1 aromatic carbocycles. The number of rotatable bonds is 3. The van der Waals surface area contributed by atoms with Gasteiger partial charge in [0.05, 0.1) is 6.61 Å². The van der Waals surface area contributed by atoms with E-state index in [1.165, 1.54) is 11.3 Å². The molecule has 132 valence electrons. The van der Waals surface area contributed by atoms with Crippen LogP contribution in [0, 0.1) is 5.92 Å². The van der Waals surface area contributed by atoms with Crippen LogP contribution in [0.1, 0.15) is 39.2 Å². The van der Waals surface area contributed by atoms with E-state index in [-0.39, 0.29) is 6.09 Å². The fraction of sp³-hybridized carbons (Fsp3) is 0.632. The first kappa shape index (κ1) is 16.9. The topological polar surface area (TPSA) is 50.8 Å². The number of fused-ring (bicyclic) bond motifs is 1. The Kier molecular flexibility index (Phi) is 4.88. The number of benzene rings is 1. The quantitative estimate of drug-likeness (QED) is 0.922. The molecule has 2 aliphatic heterocycles. The Morgan fingerprint density at radius 3 is 2.79 bits per heavy atom. The molecule has 24 heavy (non-hydrogen) atoms. The molecule has 0 saturated carbocycles. The predicted molar refractivity (Wildman–Crippen MR) is 94.8 cm³/mol. The predicted octanol–water partition coefficient (Wildman–Crippen LogP) is 3.36. The van der Waals surface area contributed by atoms with Crippen LogP contribution in [0.25, 0.3) is 0 Å². The summed E-state index contributed by atoms with van der Waals surface area (Å²) in [5.41, 5.74) is 2.17. The van der Waals surface area contributed by atoms with Gasteiger partial charge in [-0.25, -0.2) is 4.79 Å². The van der Waals surface area contributed by atoms with E-state index < -0.39 is 5.60 Å². The Hall–Kier alpha value is -1.91. The van der Waals surface area contributed by atoms with Gasteiger partial charge in [-0.3, -0.25) is 0 Å². The van der Waals surface area contributed by atoms with Crippen LogP contribution in [0.5, 0.6) is 5.75 Å². The first-order valence-electron chi connectivity index (χ1n) is 8.88. The zero-order valence-electron chi connectivity index (χ0n) is 14.9. The average Bonchev–Trinajstić information content (AvgIpc) is 2.99. The molecule has 1 saturated heterocycles. The van der Waals surface area contributed by atoms with Crippen molar-refractivity contribution in [3.63, 3.8) is 0 Å². The van der Waals surface area contributed by atoms with Crippen LogP contribution in [-0.4, -0.2) is 37.9 Å². The van der Waals surface area contributed by atoms with Crippen LogP contribution in [0.4, 0.5) is 10.5 Å². The van der Waals surface area contributed by atoms with Crippen molar-refractivity contribution in [2.45, 2.75) is 45.6 Å². The highest BCUT2D eigenvalue weighted by atomic mass is 16.6. The number of carbonyl (C=O) groups excluding carboxylic acids is 1. The molecule has 0 aromatic heterocycles. The number of nitrogens with zero attached hydrogens (tertiary/aromatic N) is 1. The van der Waals surface area contributed by atoms with E-state index in [4.69, 9.17) is 9.47 Å². The van der Waals surface area contributed by atoms with Gasteiger partial charge in [0.2, 0.25) is 0 Å². The number of hydrogen-bond acceptors (Lipinski definition) is 4. The summed E-state index contributed by atoms with van der Waals surface area (Å²) in [6, 6.07) is 6.51. The highest BCUT2D eigenvalue weighted by molar-refractivity contribution is 5.67. The van der Waals surface area contributed by atoms with Gasteiger partial charge in [0.1, 0.15) is 11.4 Å². The summed E-state index contributed by atoms with van der Waals surface area (Å²) < 4.78 is 10.9. The smallest absolute Gasteiger partial charge is 0.407 e. The standard InChI is InChI=1S/C19H28N2O3/c1-19(2,3)24-18(22)20-13-14-6-9-21(10-7-14)16-4-5-17-15(12-16)8-11-23-17/h4-5,12,14H,6-11,13H2,1-3H3,(H,20,22). The van der Waals surface area contributed by atoms with Crippen molar-refractivity contribution < 1.29 is 14.3 Å². The normalized spacial score (nSPS) is 18.0. The molecule has 1 N–H and O–H groups in total. The molecule has 2 aliphatic rings. The Labute approximate surface area is 144 Å². The van der Waals surface area contributed by atoms with E-state index in [9.17, 15) is 4.79 Å². The van der Waals surface area contributed by atoms with Gasteiger partial charge in [-0.05, 0) is 63.3 Å². The molecular weight excluding hydrogens is 304 g/mol. The van der Waals surface area contributed by atoms with Crippen LogP contribution in [0.2, 0.25) is 0 Å². The third-order valence-electron chi connectivity index (χ3n) is 4.59. The van der Waals surface area contributed by atoms with Gasteiger partial charge in [0.25, 0.3) is 0 Å². The van der Waals surface area contributed by atoms with Gasteiger partial charge >= 0.3 is 6.09 Å². The highest BCUT2D eigenvalue weighted by Gasteiger charge is 2.22. The van der Waals surface area contributed by atoms with Crippen molar-refractivity contribution in [2.24, 2.45) is 5.92 Å². The molecule has 5 nitrogen and oxygen atoms in total. The lowest BCUT2D eigenvalue weighted by Gasteiger charge is -2.34. The van der Waals surface area contributed by atoms with Gasteiger partial charge in [0.15, 0.2) is 0 Å². The van der Waals surface area contributed by atoms with Crippen molar-refractivity contribution >= 4 is 11.8 Å². The minimum absolute atomic E-state index is 0.316. The number of alkyl carbamates (subject to hydrolysis) is 1. The third-order valence-corrected chi connectivity index (χ3v) is 4.59. The van der Waals surface area contributed by atoms with Gasteiger partial charge in [-0.15, -0.1) is 0 Å². The van der Waals surface area contributed by atoms with E-state index in [2.05, 4.69) is 28.4 Å². The molecule has 0 bridgehead atoms.